The molecule has 1 aliphatic heterocycles. The Morgan fingerprint density at radius 2 is 1.90 bits per heavy atom. The van der Waals surface area contributed by atoms with Crippen molar-refractivity contribution < 1.29 is 19.1 Å². The molecule has 0 unspecified atom stereocenters. The Kier molecular flexibility index (Phi) is 6.30. The van der Waals surface area contributed by atoms with Gasteiger partial charge < -0.3 is 15.0 Å². The molecule has 29 heavy (non-hydrogen) atoms. The van der Waals surface area contributed by atoms with Crippen molar-refractivity contribution in [3.63, 3.8) is 0 Å². The largest absolute Gasteiger partial charge is 0.479 e. The fraction of sp³-hybridized carbons (Fsp3) is 0.250. The van der Waals surface area contributed by atoms with Crippen molar-refractivity contribution in [2.75, 3.05) is 30.4 Å². The molecule has 3 amide bonds. The van der Waals surface area contributed by atoms with Crippen LogP contribution in [0.3, 0.4) is 0 Å². The number of nitrogens with one attached hydrogen (secondary N) is 1. The number of rotatable bonds is 5. The second-order valence-electron chi connectivity index (χ2n) is 6.58. The number of amides is 3. The Balaban J connectivity index is 1.63. The van der Waals surface area contributed by atoms with Crippen LogP contribution < -0.4 is 15.0 Å². The molecule has 0 spiro atoms. The molecule has 1 N–H and O–H groups in total. The summed E-state index contributed by atoms with van der Waals surface area (Å²) in [6, 6.07) is 11.7. The molecule has 7 nitrogen and oxygen atoms in total. The van der Waals surface area contributed by atoms with Crippen LogP contribution in [-0.4, -0.2) is 48.9 Å². The minimum Gasteiger partial charge on any atom is -0.479 e. The number of ether oxygens (including phenoxy) is 1. The summed E-state index contributed by atoms with van der Waals surface area (Å²) in [5, 5.41) is 3.34. The predicted molar refractivity (Wildman–Crippen MR) is 112 cm³/mol. The first kappa shape index (κ1) is 21.0. The normalized spacial score (nSPS) is 15.4. The molecule has 1 atom stereocenters. The van der Waals surface area contributed by atoms with Gasteiger partial charge in [0, 0.05) is 12.7 Å². The van der Waals surface area contributed by atoms with Crippen LogP contribution in [0.1, 0.15) is 6.92 Å². The molecular weight excluding hydrogens is 417 g/mol. The highest BCUT2D eigenvalue weighted by atomic mass is 35.5. The van der Waals surface area contributed by atoms with Gasteiger partial charge in [0.1, 0.15) is 12.3 Å². The van der Waals surface area contributed by atoms with Gasteiger partial charge in [0.25, 0.3) is 5.91 Å². The summed E-state index contributed by atoms with van der Waals surface area (Å²) >= 11 is 11.8. The third-order valence-electron chi connectivity index (χ3n) is 4.38. The van der Waals surface area contributed by atoms with Gasteiger partial charge in [0.2, 0.25) is 11.8 Å². The number of carbonyl (C=O) groups excluding carboxylic acids is 3. The molecule has 1 aliphatic rings. The quantitative estimate of drug-likeness (QED) is 0.781. The van der Waals surface area contributed by atoms with Gasteiger partial charge in [0.15, 0.2) is 6.10 Å². The van der Waals surface area contributed by atoms with Crippen molar-refractivity contribution in [1.29, 1.82) is 0 Å². The summed E-state index contributed by atoms with van der Waals surface area (Å²) in [6.45, 7) is 1.25. The van der Waals surface area contributed by atoms with Crippen LogP contribution in [0, 0.1) is 0 Å². The number of nitrogens with zero attached hydrogens (tertiary/aromatic N) is 2. The first-order valence-electron chi connectivity index (χ1n) is 8.82. The third kappa shape index (κ3) is 4.81. The van der Waals surface area contributed by atoms with Crippen molar-refractivity contribution >= 4 is 52.3 Å². The van der Waals surface area contributed by atoms with Gasteiger partial charge >= 0.3 is 0 Å². The maximum absolute atomic E-state index is 12.6. The summed E-state index contributed by atoms with van der Waals surface area (Å²) in [5.74, 6) is -0.564. The van der Waals surface area contributed by atoms with E-state index in [0.29, 0.717) is 27.2 Å². The number of fused-ring (bicyclic) bond motifs is 1. The Labute approximate surface area is 178 Å². The molecular formula is C20H19Cl2N3O4. The lowest BCUT2D eigenvalue weighted by molar-refractivity contribution is -0.134. The van der Waals surface area contributed by atoms with E-state index >= 15 is 0 Å². The number of para-hydroxylation sites is 2. The highest BCUT2D eigenvalue weighted by Crippen LogP contribution is 2.33. The monoisotopic (exact) mass is 435 g/mol. The second-order valence-corrected chi connectivity index (χ2v) is 7.39. The lowest BCUT2D eigenvalue weighted by atomic mass is 10.2. The highest BCUT2D eigenvalue weighted by Gasteiger charge is 2.33. The highest BCUT2D eigenvalue weighted by molar-refractivity contribution is 6.42. The molecule has 2 aromatic carbocycles. The van der Waals surface area contributed by atoms with Gasteiger partial charge in [0.05, 0.1) is 22.3 Å². The zero-order valence-electron chi connectivity index (χ0n) is 15.8. The summed E-state index contributed by atoms with van der Waals surface area (Å²) < 4.78 is 5.56. The summed E-state index contributed by atoms with van der Waals surface area (Å²) in [4.78, 5) is 40.0. The Bertz CT molecular complexity index is 966. The van der Waals surface area contributed by atoms with Crippen LogP contribution in [0.5, 0.6) is 5.75 Å². The fourth-order valence-corrected chi connectivity index (χ4v) is 3.15. The molecule has 0 aliphatic carbocycles. The van der Waals surface area contributed by atoms with Gasteiger partial charge in [-0.15, -0.1) is 0 Å². The Morgan fingerprint density at radius 3 is 2.62 bits per heavy atom. The summed E-state index contributed by atoms with van der Waals surface area (Å²) in [6.07, 6.45) is -0.694. The standard InChI is InChI=1S/C20H19Cl2N3O4/c1-12-20(28)25(16-5-3-4-6-17(16)29-12)11-19(27)24(2)10-18(26)23-13-7-8-14(21)15(22)9-13/h3-9,12H,10-11H2,1-2H3,(H,23,26)/t12-/m1/s1. The molecule has 9 heteroatoms. The van der Waals surface area contributed by atoms with Crippen molar-refractivity contribution in [2.24, 2.45) is 0 Å². The molecule has 1 heterocycles. The van der Waals surface area contributed by atoms with E-state index in [0.717, 1.165) is 0 Å². The van der Waals surface area contributed by atoms with Gasteiger partial charge in [-0.3, -0.25) is 19.3 Å². The fourth-order valence-electron chi connectivity index (χ4n) is 2.86. The van der Waals surface area contributed by atoms with Crippen LogP contribution in [-0.2, 0) is 14.4 Å². The molecule has 0 aromatic heterocycles. The van der Waals surface area contributed by atoms with Gasteiger partial charge in [-0.1, -0.05) is 35.3 Å². The van der Waals surface area contributed by atoms with Crippen molar-refractivity contribution in [2.45, 2.75) is 13.0 Å². The molecule has 0 saturated heterocycles. The topological polar surface area (TPSA) is 79.0 Å². The molecule has 0 bridgehead atoms. The number of anilines is 2. The number of benzene rings is 2. The number of likely N-dealkylation sites (N-methyl/N-ethyl adjacent to an activating group) is 1. The van der Waals surface area contributed by atoms with E-state index in [4.69, 9.17) is 27.9 Å². The second kappa shape index (κ2) is 8.71. The smallest absolute Gasteiger partial charge is 0.268 e. The zero-order chi connectivity index (χ0) is 21.1. The Hall–Kier alpha value is -2.77. The van der Waals surface area contributed by atoms with Crippen LogP contribution in [0.2, 0.25) is 10.0 Å². The van der Waals surface area contributed by atoms with E-state index in [1.807, 2.05) is 0 Å². The lowest BCUT2D eigenvalue weighted by Crippen LogP contribution is -2.49. The average molecular weight is 436 g/mol. The van der Waals surface area contributed by atoms with E-state index < -0.39 is 12.0 Å². The molecule has 3 rings (SSSR count). The number of hydrogen-bond acceptors (Lipinski definition) is 4. The van der Waals surface area contributed by atoms with Crippen LogP contribution in [0.25, 0.3) is 0 Å². The molecule has 0 radical (unpaired) electrons. The van der Waals surface area contributed by atoms with Crippen LogP contribution in [0.15, 0.2) is 42.5 Å². The summed E-state index contributed by atoms with van der Waals surface area (Å²) in [5.41, 5.74) is 0.994. The minimum absolute atomic E-state index is 0.186. The molecule has 2 aromatic rings. The average Bonchev–Trinajstić information content (AvgIpc) is 2.68. The van der Waals surface area contributed by atoms with Gasteiger partial charge in [-0.25, -0.2) is 0 Å². The molecule has 0 saturated carbocycles. The predicted octanol–water partition coefficient (Wildman–Crippen LogP) is 3.20. The Morgan fingerprint density at radius 1 is 1.17 bits per heavy atom. The van der Waals surface area contributed by atoms with Crippen molar-refractivity contribution in [3.8, 4) is 5.75 Å². The summed E-state index contributed by atoms with van der Waals surface area (Å²) in [7, 11) is 1.50. The first-order valence-corrected chi connectivity index (χ1v) is 9.58. The van der Waals surface area contributed by atoms with Gasteiger partial charge in [-0.2, -0.15) is 0 Å². The number of halogens is 2. The zero-order valence-corrected chi connectivity index (χ0v) is 17.3. The van der Waals surface area contributed by atoms with Crippen LogP contribution >= 0.6 is 23.2 Å². The minimum atomic E-state index is -0.694. The molecule has 0 fully saturated rings. The number of hydrogen-bond donors (Lipinski definition) is 1. The maximum Gasteiger partial charge on any atom is 0.268 e. The van der Waals surface area contributed by atoms with E-state index in [1.165, 1.54) is 22.9 Å². The van der Waals surface area contributed by atoms with Gasteiger partial charge in [-0.05, 0) is 37.3 Å². The third-order valence-corrected chi connectivity index (χ3v) is 5.12. The van der Waals surface area contributed by atoms with Crippen LogP contribution in [0.4, 0.5) is 11.4 Å². The number of carbonyl (C=O) groups is 3. The van der Waals surface area contributed by atoms with E-state index in [9.17, 15) is 14.4 Å². The van der Waals surface area contributed by atoms with Crippen molar-refractivity contribution in [3.05, 3.63) is 52.5 Å². The lowest BCUT2D eigenvalue weighted by Gasteiger charge is -2.33. The van der Waals surface area contributed by atoms with E-state index in [1.54, 1.807) is 43.3 Å². The SMILES string of the molecule is C[C@H]1Oc2ccccc2N(CC(=O)N(C)CC(=O)Nc2ccc(Cl)c(Cl)c2)C1=O. The molecule has 152 valence electrons. The first-order chi connectivity index (χ1) is 13.8. The maximum atomic E-state index is 12.6. The van der Waals surface area contributed by atoms with E-state index in [-0.39, 0.29) is 24.9 Å². The van der Waals surface area contributed by atoms with E-state index in [2.05, 4.69) is 5.32 Å². The van der Waals surface area contributed by atoms with Crippen molar-refractivity contribution in [1.82, 2.24) is 4.90 Å².